The van der Waals surface area contributed by atoms with Crippen molar-refractivity contribution in [1.29, 1.82) is 0 Å². The fraction of sp³-hybridized carbons (Fsp3) is 0.240. The first-order valence-electron chi connectivity index (χ1n) is 10.6. The predicted molar refractivity (Wildman–Crippen MR) is 131 cm³/mol. The van der Waals surface area contributed by atoms with Gasteiger partial charge in [-0.2, -0.15) is 0 Å². The van der Waals surface area contributed by atoms with Crippen LogP contribution in [0, 0.1) is 0 Å². The Balaban J connectivity index is 0.000000709. The molecule has 0 saturated heterocycles. The Hall–Kier alpha value is -3.91. The third-order valence-electron chi connectivity index (χ3n) is 4.88. The summed E-state index contributed by atoms with van der Waals surface area (Å²) in [6.07, 6.45) is 8.88. The van der Waals surface area contributed by atoms with Gasteiger partial charge in [0.15, 0.2) is 5.65 Å². The number of hydrogen-bond acceptors (Lipinski definition) is 6. The molecule has 0 radical (unpaired) electrons. The Morgan fingerprint density at radius 1 is 1.21 bits per heavy atom. The van der Waals surface area contributed by atoms with Gasteiger partial charge in [-0.05, 0) is 49.9 Å². The standard InChI is InChI=1S/C22H22N4O3.C3H7N/c1-22(2,28)9-12-29-17-5-3-15(4-6-17)18-13-26(16-7-10-23-11-8-16)20-19(18)21(27)25-14-24-20;1-3-4-2/h3-8,10-11,13-14,28H,9,12H2,1-2H3,(H,24,25,27);3-4H,1H2,2H3. The van der Waals surface area contributed by atoms with Crippen LogP contribution in [0.2, 0.25) is 0 Å². The van der Waals surface area contributed by atoms with Crippen LogP contribution in [0.15, 0.2) is 78.9 Å². The van der Waals surface area contributed by atoms with Crippen molar-refractivity contribution in [3.63, 3.8) is 0 Å². The minimum atomic E-state index is -0.761. The maximum Gasteiger partial charge on any atom is 0.260 e. The fourth-order valence-corrected chi connectivity index (χ4v) is 3.14. The molecule has 172 valence electrons. The normalized spacial score (nSPS) is 10.9. The van der Waals surface area contributed by atoms with Gasteiger partial charge < -0.3 is 24.7 Å². The lowest BCUT2D eigenvalue weighted by atomic mass is 10.1. The molecule has 0 aliphatic rings. The molecular weight excluding hydrogens is 418 g/mol. The van der Waals surface area contributed by atoms with E-state index >= 15 is 0 Å². The average molecular weight is 448 g/mol. The molecule has 0 aliphatic carbocycles. The second kappa shape index (κ2) is 10.6. The molecule has 0 amide bonds. The highest BCUT2D eigenvalue weighted by Gasteiger charge is 2.16. The van der Waals surface area contributed by atoms with E-state index in [0.717, 1.165) is 16.8 Å². The van der Waals surface area contributed by atoms with Crippen molar-refractivity contribution in [2.24, 2.45) is 0 Å². The number of nitrogens with zero attached hydrogens (tertiary/aromatic N) is 3. The van der Waals surface area contributed by atoms with Crippen LogP contribution in [0.5, 0.6) is 5.75 Å². The number of pyridine rings is 1. The molecule has 33 heavy (non-hydrogen) atoms. The third-order valence-corrected chi connectivity index (χ3v) is 4.88. The molecule has 3 aromatic heterocycles. The van der Waals surface area contributed by atoms with Crippen LogP contribution in [-0.4, -0.2) is 43.9 Å². The van der Waals surface area contributed by atoms with Gasteiger partial charge in [0.25, 0.3) is 5.56 Å². The molecule has 4 rings (SSSR count). The first-order chi connectivity index (χ1) is 15.8. The zero-order valence-electron chi connectivity index (χ0n) is 19.1. The maximum atomic E-state index is 12.6. The maximum absolute atomic E-state index is 12.6. The van der Waals surface area contributed by atoms with Crippen LogP contribution in [0.4, 0.5) is 0 Å². The number of aromatic amines is 1. The Bertz CT molecular complexity index is 1240. The summed E-state index contributed by atoms with van der Waals surface area (Å²) in [4.78, 5) is 23.6. The first-order valence-corrected chi connectivity index (χ1v) is 10.6. The van der Waals surface area contributed by atoms with E-state index in [4.69, 9.17) is 4.74 Å². The molecule has 4 aromatic rings. The van der Waals surface area contributed by atoms with E-state index in [0.29, 0.717) is 29.8 Å². The van der Waals surface area contributed by atoms with E-state index in [9.17, 15) is 9.90 Å². The number of hydrogen-bond donors (Lipinski definition) is 3. The lowest BCUT2D eigenvalue weighted by Gasteiger charge is -2.17. The van der Waals surface area contributed by atoms with E-state index in [-0.39, 0.29) is 5.56 Å². The topological polar surface area (TPSA) is 105 Å². The van der Waals surface area contributed by atoms with Crippen molar-refractivity contribution in [2.45, 2.75) is 25.9 Å². The second-order valence-corrected chi connectivity index (χ2v) is 7.98. The summed E-state index contributed by atoms with van der Waals surface area (Å²) < 4.78 is 7.59. The zero-order chi connectivity index (χ0) is 23.8. The van der Waals surface area contributed by atoms with Crippen LogP contribution in [0.3, 0.4) is 0 Å². The summed E-state index contributed by atoms with van der Waals surface area (Å²) >= 11 is 0. The van der Waals surface area contributed by atoms with Gasteiger partial charge in [0.05, 0.1) is 29.6 Å². The SMILES string of the molecule is C=CNC.CC(C)(O)CCOc1ccc(-c2cn(-c3ccncc3)c3nc[nH]c(=O)c23)cc1. The molecular formula is C25H29N5O3. The fourth-order valence-electron chi connectivity index (χ4n) is 3.14. The van der Waals surface area contributed by atoms with E-state index in [1.54, 1.807) is 32.4 Å². The molecule has 8 heteroatoms. The Kier molecular flexibility index (Phi) is 7.63. The van der Waals surface area contributed by atoms with Gasteiger partial charge in [0.2, 0.25) is 0 Å². The minimum Gasteiger partial charge on any atom is -0.493 e. The van der Waals surface area contributed by atoms with Gasteiger partial charge in [-0.25, -0.2) is 4.98 Å². The number of nitrogens with one attached hydrogen (secondary N) is 2. The summed E-state index contributed by atoms with van der Waals surface area (Å²) in [5.74, 6) is 0.711. The van der Waals surface area contributed by atoms with Gasteiger partial charge in [-0.15, -0.1) is 0 Å². The first kappa shape index (κ1) is 23.7. The van der Waals surface area contributed by atoms with Crippen LogP contribution >= 0.6 is 0 Å². The summed E-state index contributed by atoms with van der Waals surface area (Å²) in [6.45, 7) is 7.30. The molecule has 3 heterocycles. The number of ether oxygens (including phenoxy) is 1. The molecule has 0 saturated carbocycles. The molecule has 0 unspecified atom stereocenters. The summed E-state index contributed by atoms with van der Waals surface area (Å²) in [6, 6.07) is 11.3. The Morgan fingerprint density at radius 2 is 1.88 bits per heavy atom. The quantitative estimate of drug-likeness (QED) is 0.399. The van der Waals surface area contributed by atoms with Gasteiger partial charge in [-0.3, -0.25) is 9.78 Å². The minimum absolute atomic E-state index is 0.191. The molecule has 0 atom stereocenters. The van der Waals surface area contributed by atoms with Crippen LogP contribution in [-0.2, 0) is 0 Å². The predicted octanol–water partition coefficient (Wildman–Crippen LogP) is 3.66. The van der Waals surface area contributed by atoms with E-state index in [1.807, 2.05) is 54.2 Å². The molecule has 0 fully saturated rings. The van der Waals surface area contributed by atoms with Crippen molar-refractivity contribution in [1.82, 2.24) is 24.8 Å². The van der Waals surface area contributed by atoms with Crippen molar-refractivity contribution in [3.8, 4) is 22.6 Å². The molecule has 0 bridgehead atoms. The number of aliphatic hydroxyl groups is 1. The van der Waals surface area contributed by atoms with Crippen LogP contribution < -0.4 is 15.6 Å². The molecule has 0 spiro atoms. The summed E-state index contributed by atoms with van der Waals surface area (Å²) in [5.41, 5.74) is 2.18. The van der Waals surface area contributed by atoms with Crippen molar-refractivity contribution < 1.29 is 9.84 Å². The average Bonchev–Trinajstić information content (AvgIpc) is 3.20. The molecule has 0 aliphatic heterocycles. The number of fused-ring (bicyclic) bond motifs is 1. The van der Waals surface area contributed by atoms with Crippen LogP contribution in [0.25, 0.3) is 27.8 Å². The lowest BCUT2D eigenvalue weighted by Crippen LogP contribution is -2.21. The smallest absolute Gasteiger partial charge is 0.260 e. The molecule has 8 nitrogen and oxygen atoms in total. The number of H-pyrrole nitrogens is 1. The number of aromatic nitrogens is 4. The highest BCUT2D eigenvalue weighted by Crippen LogP contribution is 2.30. The van der Waals surface area contributed by atoms with Gasteiger partial charge in [0, 0.05) is 37.6 Å². The van der Waals surface area contributed by atoms with Gasteiger partial charge >= 0.3 is 0 Å². The third kappa shape index (κ3) is 6.08. The molecule has 3 N–H and O–H groups in total. The second-order valence-electron chi connectivity index (χ2n) is 7.98. The largest absolute Gasteiger partial charge is 0.493 e. The monoisotopic (exact) mass is 447 g/mol. The molecule has 1 aromatic carbocycles. The van der Waals surface area contributed by atoms with Gasteiger partial charge in [-0.1, -0.05) is 18.7 Å². The van der Waals surface area contributed by atoms with Crippen molar-refractivity contribution in [2.75, 3.05) is 13.7 Å². The van der Waals surface area contributed by atoms with E-state index in [1.165, 1.54) is 6.33 Å². The lowest BCUT2D eigenvalue weighted by molar-refractivity contribution is 0.0553. The number of benzene rings is 1. The van der Waals surface area contributed by atoms with Crippen molar-refractivity contribution in [3.05, 3.63) is 84.4 Å². The Morgan fingerprint density at radius 3 is 2.48 bits per heavy atom. The zero-order valence-corrected chi connectivity index (χ0v) is 19.1. The summed E-state index contributed by atoms with van der Waals surface area (Å²) in [7, 11) is 1.81. The van der Waals surface area contributed by atoms with E-state index in [2.05, 4.69) is 26.8 Å². The number of rotatable bonds is 7. The highest BCUT2D eigenvalue weighted by molar-refractivity contribution is 5.94. The van der Waals surface area contributed by atoms with Crippen LogP contribution in [0.1, 0.15) is 20.3 Å². The summed E-state index contributed by atoms with van der Waals surface area (Å²) in [5, 5.41) is 13.0. The Labute approximate surface area is 192 Å². The van der Waals surface area contributed by atoms with E-state index < -0.39 is 5.60 Å². The highest BCUT2D eigenvalue weighted by atomic mass is 16.5. The van der Waals surface area contributed by atoms with Crippen molar-refractivity contribution >= 4 is 11.0 Å². The van der Waals surface area contributed by atoms with Gasteiger partial charge in [0.1, 0.15) is 5.75 Å².